The largest absolute Gasteiger partial charge is 0.674 e. The van der Waals surface area contributed by atoms with Gasteiger partial charge in [-0.2, -0.15) is 0 Å². The van der Waals surface area contributed by atoms with E-state index in [1.807, 2.05) is 46.5 Å². The van der Waals surface area contributed by atoms with Gasteiger partial charge in [-0.25, -0.2) is 23.3 Å². The molecule has 3 aliphatic heterocycles. The normalized spacial score (nSPS) is 16.2. The second-order valence-corrected chi connectivity index (χ2v) is 13.5. The topological polar surface area (TPSA) is 70.2 Å². The molecule has 0 N–H and O–H groups in total. The van der Waals surface area contributed by atoms with Crippen LogP contribution in [0.3, 0.4) is 0 Å². The monoisotopic (exact) mass is 741 g/mol. The van der Waals surface area contributed by atoms with Crippen molar-refractivity contribution in [1.29, 1.82) is 0 Å². The van der Waals surface area contributed by atoms with Gasteiger partial charge in [0.2, 0.25) is 0 Å². The second-order valence-electron chi connectivity index (χ2n) is 13.5. The summed E-state index contributed by atoms with van der Waals surface area (Å²) >= 11 is 0. The van der Waals surface area contributed by atoms with Gasteiger partial charge in [0, 0.05) is 68.0 Å². The Labute approximate surface area is 321 Å². The number of rotatable bonds is 4. The summed E-state index contributed by atoms with van der Waals surface area (Å²) in [5.74, 6) is 0. The van der Waals surface area contributed by atoms with Gasteiger partial charge in [-0.1, -0.05) is 48.0 Å². The van der Waals surface area contributed by atoms with E-state index in [1.165, 1.54) is 0 Å². The fourth-order valence-electron chi connectivity index (χ4n) is 7.09. The number of hydrogen-bond donors (Lipinski definition) is 0. The molecular formula is C44H37N8Zn+. The van der Waals surface area contributed by atoms with Crippen molar-refractivity contribution in [2.24, 2.45) is 33.2 Å². The molecule has 1 unspecified atom stereocenters. The Hall–Kier alpha value is -6.05. The van der Waals surface area contributed by atoms with Gasteiger partial charge in [0.05, 0.1) is 11.4 Å². The third-order valence-corrected chi connectivity index (χ3v) is 9.83. The zero-order chi connectivity index (χ0) is 35.3. The van der Waals surface area contributed by atoms with E-state index in [2.05, 4.69) is 147 Å². The zero-order valence-corrected chi connectivity index (χ0v) is 33.2. The first kappa shape index (κ1) is 34.1. The summed E-state index contributed by atoms with van der Waals surface area (Å²) < 4.78 is 8.16. The summed E-state index contributed by atoms with van der Waals surface area (Å²) in [6.45, 7) is 0. The average molecular weight is 743 g/mol. The van der Waals surface area contributed by atoms with Crippen molar-refractivity contribution >= 4 is 28.0 Å². The molecule has 0 amide bonds. The molecule has 0 spiro atoms. The molecule has 0 aromatic carbocycles. The van der Waals surface area contributed by atoms with Gasteiger partial charge in [-0.3, -0.25) is 0 Å². The molecule has 53 heavy (non-hydrogen) atoms. The molecule has 0 saturated heterocycles. The Morgan fingerprint density at radius 2 is 0.981 bits per heavy atom. The van der Waals surface area contributed by atoms with Crippen LogP contribution in [0.2, 0.25) is 0 Å². The van der Waals surface area contributed by atoms with Crippen molar-refractivity contribution < 1.29 is 37.7 Å². The molecule has 9 heteroatoms. The SMILES string of the molecule is C[n+]1ccc(C2=C3C=CC(=N3)C(c3cc[n+](C)cc3)=c3ccc([n-]3)=C(c3cc[n+](C)cc3)C3C=CC(=C(c4cc[n+](C)cc4)c4ccc2[n-]4)[N-]3)cc1.[Zn]. The summed E-state index contributed by atoms with van der Waals surface area (Å²) in [4.78, 5) is 16.1. The predicted octanol–water partition coefficient (Wildman–Crippen LogP) is 2.85. The predicted molar refractivity (Wildman–Crippen MR) is 199 cm³/mol. The van der Waals surface area contributed by atoms with Crippen LogP contribution in [0.15, 0.2) is 163 Å². The average Bonchev–Trinajstić information content (AvgIpc) is 3.99. The van der Waals surface area contributed by atoms with E-state index < -0.39 is 0 Å². The smallest absolute Gasteiger partial charge is 0.169 e. The maximum atomic E-state index is 5.44. The van der Waals surface area contributed by atoms with Crippen LogP contribution in [0.1, 0.15) is 33.6 Å². The first-order chi connectivity index (χ1) is 25.4. The summed E-state index contributed by atoms with van der Waals surface area (Å²) in [5, 5.41) is 7.18. The first-order valence-corrected chi connectivity index (χ1v) is 17.4. The number of pyridine rings is 4. The van der Waals surface area contributed by atoms with Gasteiger partial charge in [-0.05, 0) is 51.1 Å². The molecule has 1 atom stereocenters. The van der Waals surface area contributed by atoms with E-state index in [-0.39, 0.29) is 25.5 Å². The summed E-state index contributed by atoms with van der Waals surface area (Å²) in [6, 6.07) is 25.3. The first-order valence-electron chi connectivity index (χ1n) is 17.4. The van der Waals surface area contributed by atoms with Gasteiger partial charge in [-0.15, -0.1) is 27.8 Å². The van der Waals surface area contributed by atoms with E-state index in [0.29, 0.717) is 0 Å². The molecule has 3 aliphatic rings. The molecule has 8 nitrogen and oxygen atoms in total. The second kappa shape index (κ2) is 13.8. The van der Waals surface area contributed by atoms with E-state index in [0.717, 1.165) is 83.7 Å². The van der Waals surface area contributed by atoms with Crippen molar-refractivity contribution in [1.82, 2.24) is 9.97 Å². The molecule has 0 aliphatic carbocycles. The molecular weight excluding hydrogens is 706 g/mol. The molecule has 6 aromatic rings. The van der Waals surface area contributed by atoms with Crippen LogP contribution in [0.4, 0.5) is 0 Å². The Balaban J connectivity index is 0.00000400. The van der Waals surface area contributed by atoms with Crippen LogP contribution in [-0.2, 0) is 47.7 Å². The van der Waals surface area contributed by atoms with Crippen molar-refractivity contribution in [3.05, 3.63) is 208 Å². The third-order valence-electron chi connectivity index (χ3n) is 9.83. The Morgan fingerprint density at radius 3 is 1.57 bits per heavy atom. The van der Waals surface area contributed by atoms with E-state index in [4.69, 9.17) is 20.3 Å². The summed E-state index contributed by atoms with van der Waals surface area (Å²) in [7, 11) is 8.11. The van der Waals surface area contributed by atoms with Gasteiger partial charge in [0.25, 0.3) is 0 Å². The standard InChI is InChI=1S/C44H37N8.Zn/c1-49-21-13-29(14-22-49)41-33-5-7-35(45-33)42(30-15-23-50(2)24-16-30)37-9-11-39(47-37)44(32-19-27-52(4)28-20-32)40-12-10-38(48-40)43(36-8-6-34(41)46-36)31-17-25-51(3)26-18-31;/h5-28,33H,1-4H3;/q+1;. The maximum absolute atomic E-state index is 5.44. The fourth-order valence-corrected chi connectivity index (χ4v) is 7.09. The van der Waals surface area contributed by atoms with Crippen LogP contribution in [0.5, 0.6) is 0 Å². The minimum atomic E-state index is -0.252. The van der Waals surface area contributed by atoms with Gasteiger partial charge in [0.15, 0.2) is 49.6 Å². The number of fused-ring (bicyclic) bond motifs is 7. The molecule has 0 fully saturated rings. The maximum Gasteiger partial charge on any atom is 0.169 e. The van der Waals surface area contributed by atoms with Crippen LogP contribution >= 0.6 is 0 Å². The minimum Gasteiger partial charge on any atom is -0.674 e. The Kier molecular flexibility index (Phi) is 8.89. The fraction of sp³-hybridized carbons (Fsp3) is 0.114. The van der Waals surface area contributed by atoms with Crippen molar-refractivity contribution in [3.8, 4) is 0 Å². The summed E-state index contributed by atoms with van der Waals surface area (Å²) in [5.41, 5.74) is 12.5. The molecule has 9 rings (SSSR count). The molecule has 0 saturated carbocycles. The van der Waals surface area contributed by atoms with Crippen LogP contribution in [0, 0.1) is 0 Å². The van der Waals surface area contributed by atoms with Crippen molar-refractivity contribution in [2.45, 2.75) is 6.04 Å². The van der Waals surface area contributed by atoms with Crippen molar-refractivity contribution in [3.63, 3.8) is 0 Å². The van der Waals surface area contributed by atoms with Crippen LogP contribution < -0.4 is 38.9 Å². The van der Waals surface area contributed by atoms with E-state index in [1.54, 1.807) is 0 Å². The Bertz CT molecular complexity index is 2650. The van der Waals surface area contributed by atoms with Gasteiger partial charge < -0.3 is 15.3 Å². The minimum absolute atomic E-state index is 0. The molecule has 0 radical (unpaired) electrons. The summed E-state index contributed by atoms with van der Waals surface area (Å²) in [6.07, 6.45) is 25.1. The number of aromatic nitrogens is 6. The van der Waals surface area contributed by atoms with Crippen LogP contribution in [-0.4, -0.2) is 11.8 Å². The molecule has 254 valence electrons. The number of aliphatic imine (C=N–C) groups is 1. The quantitative estimate of drug-likeness (QED) is 0.206. The number of aryl methyl sites for hydroxylation is 4. The van der Waals surface area contributed by atoms with Crippen LogP contribution in [0.25, 0.3) is 27.6 Å². The number of allylic oxidation sites excluding steroid dienone is 3. The molecule has 8 bridgehead atoms. The van der Waals surface area contributed by atoms with Gasteiger partial charge in [0.1, 0.15) is 28.2 Å². The number of hydrogen-bond acceptors (Lipinski definition) is 1. The molecule has 6 aromatic heterocycles. The van der Waals surface area contributed by atoms with E-state index >= 15 is 0 Å². The molecule has 9 heterocycles. The van der Waals surface area contributed by atoms with Crippen molar-refractivity contribution in [2.75, 3.05) is 0 Å². The van der Waals surface area contributed by atoms with E-state index in [9.17, 15) is 0 Å². The third kappa shape index (κ3) is 6.38. The Morgan fingerprint density at radius 1 is 0.491 bits per heavy atom. The van der Waals surface area contributed by atoms with Gasteiger partial charge >= 0.3 is 0 Å². The number of nitrogens with zero attached hydrogens (tertiary/aromatic N) is 8. The zero-order valence-electron chi connectivity index (χ0n) is 30.2.